The minimum atomic E-state index is -1.14. The largest absolute Gasteiger partial charge is 0.478 e. The highest BCUT2D eigenvalue weighted by Crippen LogP contribution is 2.28. The summed E-state index contributed by atoms with van der Waals surface area (Å²) in [5, 5.41) is 14.7. The summed E-state index contributed by atoms with van der Waals surface area (Å²) in [5.41, 5.74) is 8.74. The van der Waals surface area contributed by atoms with E-state index in [4.69, 9.17) is 5.73 Å². The molecule has 0 aliphatic carbocycles. The number of carboxylic acid groups (broad SMARTS) is 1. The predicted octanol–water partition coefficient (Wildman–Crippen LogP) is 2.99. The number of aliphatic carboxylic acids is 1. The normalized spacial score (nSPS) is 10.9. The van der Waals surface area contributed by atoms with Gasteiger partial charge in [-0.3, -0.25) is 4.79 Å². The highest BCUT2D eigenvalue weighted by Gasteiger charge is 2.14. The zero-order chi connectivity index (χ0) is 19.3. The molecule has 134 valence electrons. The van der Waals surface area contributed by atoms with Crippen molar-refractivity contribution in [3.8, 4) is 0 Å². The third kappa shape index (κ3) is 4.47. The molecule has 2 rings (SSSR count). The number of anilines is 2. The summed E-state index contributed by atoms with van der Waals surface area (Å²) in [6.45, 7) is 3.71. The second-order valence-corrected chi connectivity index (χ2v) is 5.74. The van der Waals surface area contributed by atoms with Crippen LogP contribution in [0.15, 0.2) is 36.4 Å². The van der Waals surface area contributed by atoms with Gasteiger partial charge in [-0.1, -0.05) is 23.8 Å². The third-order valence-electron chi connectivity index (χ3n) is 3.68. The van der Waals surface area contributed by atoms with E-state index in [0.29, 0.717) is 28.9 Å². The number of aryl methyl sites for hydroxylation is 2. The molecule has 0 radical (unpaired) electrons. The van der Waals surface area contributed by atoms with Crippen LogP contribution < -0.4 is 16.4 Å². The maximum absolute atomic E-state index is 11.8. The van der Waals surface area contributed by atoms with Gasteiger partial charge >= 0.3 is 12.0 Å². The zero-order valence-corrected chi connectivity index (χ0v) is 14.4. The molecule has 0 spiro atoms. The van der Waals surface area contributed by atoms with Crippen molar-refractivity contribution < 1.29 is 19.5 Å². The molecule has 5 N–H and O–H groups in total. The number of carbonyl (C=O) groups is 3. The number of urea groups is 1. The van der Waals surface area contributed by atoms with Crippen LogP contribution in [0.5, 0.6) is 0 Å². The molecule has 0 aromatic heterocycles. The van der Waals surface area contributed by atoms with Crippen LogP contribution in [0.1, 0.15) is 22.3 Å². The molecule has 0 atom stereocenters. The summed E-state index contributed by atoms with van der Waals surface area (Å²) >= 11 is 0. The first-order chi connectivity index (χ1) is 12.3. The Labute approximate surface area is 150 Å². The van der Waals surface area contributed by atoms with Crippen molar-refractivity contribution in [1.29, 1.82) is 0 Å². The van der Waals surface area contributed by atoms with Gasteiger partial charge in [0.25, 0.3) is 0 Å². The first-order valence-corrected chi connectivity index (χ1v) is 7.75. The van der Waals surface area contributed by atoms with E-state index in [0.717, 1.165) is 11.1 Å². The van der Waals surface area contributed by atoms with E-state index in [1.807, 2.05) is 19.9 Å². The molecule has 2 aromatic carbocycles. The second kappa shape index (κ2) is 7.98. The summed E-state index contributed by atoms with van der Waals surface area (Å²) in [7, 11) is 0. The van der Waals surface area contributed by atoms with Gasteiger partial charge in [0.15, 0.2) is 0 Å². The smallest absolute Gasteiger partial charge is 0.336 e. The summed E-state index contributed by atoms with van der Waals surface area (Å²) in [4.78, 5) is 33.7. The molecule has 7 nitrogen and oxygen atoms in total. The molecule has 0 saturated heterocycles. The van der Waals surface area contributed by atoms with Crippen molar-refractivity contribution in [3.05, 3.63) is 58.7 Å². The summed E-state index contributed by atoms with van der Waals surface area (Å²) in [6.07, 6.45) is 2.03. The van der Waals surface area contributed by atoms with Gasteiger partial charge in [-0.2, -0.15) is 0 Å². The number of primary amides is 1. The van der Waals surface area contributed by atoms with Gasteiger partial charge < -0.3 is 21.5 Å². The fourth-order valence-electron chi connectivity index (χ4n) is 2.70. The number of amides is 3. The van der Waals surface area contributed by atoms with E-state index in [-0.39, 0.29) is 5.57 Å². The first kappa shape index (κ1) is 18.7. The van der Waals surface area contributed by atoms with Crippen LogP contribution in [0.3, 0.4) is 0 Å². The highest BCUT2D eigenvalue weighted by molar-refractivity contribution is 6.21. The number of benzene rings is 2. The fourth-order valence-corrected chi connectivity index (χ4v) is 2.70. The molecule has 7 heteroatoms. The van der Waals surface area contributed by atoms with E-state index < -0.39 is 12.0 Å². The number of carboxylic acids is 1. The number of nitrogens with two attached hydrogens (primary N) is 1. The van der Waals surface area contributed by atoms with Crippen molar-refractivity contribution in [3.63, 3.8) is 0 Å². The molecule has 0 fully saturated rings. The molecule has 0 saturated carbocycles. The van der Waals surface area contributed by atoms with E-state index in [1.54, 1.807) is 24.3 Å². The molecule has 0 unspecified atom stereocenters. The number of rotatable bonds is 6. The van der Waals surface area contributed by atoms with E-state index in [9.17, 15) is 19.5 Å². The maximum atomic E-state index is 11.8. The van der Waals surface area contributed by atoms with E-state index >= 15 is 0 Å². The Morgan fingerprint density at radius 2 is 1.88 bits per heavy atom. The van der Waals surface area contributed by atoms with Crippen LogP contribution in [-0.4, -0.2) is 23.5 Å². The van der Waals surface area contributed by atoms with Gasteiger partial charge in [0.05, 0.1) is 11.3 Å². The lowest BCUT2D eigenvalue weighted by Gasteiger charge is -2.12. The zero-order valence-electron chi connectivity index (χ0n) is 14.4. The third-order valence-corrected chi connectivity index (χ3v) is 3.68. The molecule has 2 aromatic rings. The lowest BCUT2D eigenvalue weighted by molar-refractivity contribution is -0.130. The SMILES string of the molecule is Cc1cc(C)c(NC=O)c(C=C(C(=O)O)c2cccc(NC(N)=O)c2)c1. The van der Waals surface area contributed by atoms with Crippen LogP contribution in [-0.2, 0) is 9.59 Å². The van der Waals surface area contributed by atoms with Crippen molar-refractivity contribution in [2.24, 2.45) is 5.73 Å². The summed E-state index contributed by atoms with van der Waals surface area (Å²) < 4.78 is 0. The number of carbonyl (C=O) groups excluding carboxylic acids is 2. The number of hydrogen-bond acceptors (Lipinski definition) is 3. The maximum Gasteiger partial charge on any atom is 0.336 e. The Morgan fingerprint density at radius 3 is 2.50 bits per heavy atom. The Morgan fingerprint density at radius 1 is 1.15 bits per heavy atom. The summed E-state index contributed by atoms with van der Waals surface area (Å²) in [5.74, 6) is -1.14. The van der Waals surface area contributed by atoms with Crippen LogP contribution in [0.4, 0.5) is 16.2 Å². The van der Waals surface area contributed by atoms with Crippen LogP contribution >= 0.6 is 0 Å². The molecular formula is C19H19N3O4. The standard InChI is InChI=1S/C19H19N3O4/c1-11-6-12(2)17(21-10-23)14(7-11)9-16(18(24)25)13-4-3-5-15(8-13)22-19(20)26/h3-10H,1-2H3,(H,21,23)(H,24,25)(H3,20,22,26). The number of hydrogen-bond donors (Lipinski definition) is 4. The van der Waals surface area contributed by atoms with Crippen molar-refractivity contribution in [2.45, 2.75) is 13.8 Å². The average Bonchev–Trinajstić information content (AvgIpc) is 2.54. The highest BCUT2D eigenvalue weighted by atomic mass is 16.4. The van der Waals surface area contributed by atoms with Crippen molar-refractivity contribution in [1.82, 2.24) is 0 Å². The second-order valence-electron chi connectivity index (χ2n) is 5.74. The molecule has 26 heavy (non-hydrogen) atoms. The van der Waals surface area contributed by atoms with Gasteiger partial charge in [0, 0.05) is 5.69 Å². The average molecular weight is 353 g/mol. The Bertz CT molecular complexity index is 904. The lowest BCUT2D eigenvalue weighted by atomic mass is 9.98. The van der Waals surface area contributed by atoms with Gasteiger partial charge in [-0.25, -0.2) is 9.59 Å². The van der Waals surface area contributed by atoms with Gasteiger partial charge in [-0.15, -0.1) is 0 Å². The molecule has 0 bridgehead atoms. The number of nitrogens with one attached hydrogen (secondary N) is 2. The summed E-state index contributed by atoms with van der Waals surface area (Å²) in [6, 6.07) is 9.28. The molecule has 0 heterocycles. The van der Waals surface area contributed by atoms with Gasteiger partial charge in [0.1, 0.15) is 0 Å². The fraction of sp³-hybridized carbons (Fsp3) is 0.105. The lowest BCUT2D eigenvalue weighted by Crippen LogP contribution is -2.19. The Hall–Kier alpha value is -3.61. The van der Waals surface area contributed by atoms with Crippen molar-refractivity contribution in [2.75, 3.05) is 10.6 Å². The Kier molecular flexibility index (Phi) is 5.74. The quantitative estimate of drug-likeness (QED) is 0.362. The minimum Gasteiger partial charge on any atom is -0.478 e. The minimum absolute atomic E-state index is 0.0112. The van der Waals surface area contributed by atoms with Crippen LogP contribution in [0.2, 0.25) is 0 Å². The molecule has 3 amide bonds. The molecule has 0 aliphatic heterocycles. The predicted molar refractivity (Wildman–Crippen MR) is 101 cm³/mol. The van der Waals surface area contributed by atoms with Gasteiger partial charge in [-0.05, 0) is 54.8 Å². The van der Waals surface area contributed by atoms with Gasteiger partial charge in [0.2, 0.25) is 6.41 Å². The van der Waals surface area contributed by atoms with Crippen LogP contribution in [0.25, 0.3) is 11.6 Å². The monoisotopic (exact) mass is 353 g/mol. The topological polar surface area (TPSA) is 122 Å². The molecule has 0 aliphatic rings. The van der Waals surface area contributed by atoms with Crippen molar-refractivity contribution >= 4 is 41.4 Å². The molecular weight excluding hydrogens is 334 g/mol. The Balaban J connectivity index is 2.60. The van der Waals surface area contributed by atoms with Crippen LogP contribution in [0, 0.1) is 13.8 Å². The first-order valence-electron chi connectivity index (χ1n) is 7.75. The van der Waals surface area contributed by atoms with E-state index in [1.165, 1.54) is 12.1 Å². The van der Waals surface area contributed by atoms with E-state index in [2.05, 4.69) is 10.6 Å².